The van der Waals surface area contributed by atoms with E-state index < -0.39 is 0 Å². The van der Waals surface area contributed by atoms with Gasteiger partial charge in [-0.15, -0.1) is 0 Å². The van der Waals surface area contributed by atoms with Crippen LogP contribution in [-0.4, -0.2) is 28.5 Å². The van der Waals surface area contributed by atoms with Gasteiger partial charge in [0.2, 0.25) is 0 Å². The summed E-state index contributed by atoms with van der Waals surface area (Å²) < 4.78 is 16.0. The van der Waals surface area contributed by atoms with Gasteiger partial charge in [-0.3, -0.25) is 0 Å². The molecule has 1 aliphatic heterocycles. The molecule has 0 spiro atoms. The molecular weight excluding hydrogens is 627 g/mol. The minimum Gasteiger partial charge on any atom is -0.404 e. The molecule has 4 aliphatic rings. The summed E-state index contributed by atoms with van der Waals surface area (Å²) in [4.78, 5) is 0. The van der Waals surface area contributed by atoms with Gasteiger partial charge >= 0.3 is 7.12 Å². The maximum Gasteiger partial charge on any atom is 0.478 e. The Balaban J connectivity index is 1.60. The van der Waals surface area contributed by atoms with Crippen molar-refractivity contribution in [3.05, 3.63) is 35.4 Å². The van der Waals surface area contributed by atoms with Gasteiger partial charge in [-0.05, 0) is 60.5 Å². The number of hydrogen-bond acceptors (Lipinski definition) is 5. The van der Waals surface area contributed by atoms with Gasteiger partial charge in [-0.1, -0.05) is 52.0 Å². The van der Waals surface area contributed by atoms with E-state index in [-0.39, 0.29) is 24.8 Å². The van der Waals surface area contributed by atoms with E-state index in [1.54, 1.807) is 18.2 Å². The molecule has 0 amide bonds. The summed E-state index contributed by atoms with van der Waals surface area (Å²) in [5, 5.41) is 0. The molecule has 0 unspecified atom stereocenters. The predicted octanol–water partition coefficient (Wildman–Crippen LogP) is 7.12. The van der Waals surface area contributed by atoms with Gasteiger partial charge in [0.05, 0.1) is 17.6 Å². The number of benzene rings is 1. The Kier molecular flexibility index (Phi) is 7.52. The number of rotatable bonds is 8. The van der Waals surface area contributed by atoms with Crippen molar-refractivity contribution in [3.63, 3.8) is 0 Å². The molecule has 0 aromatic heterocycles. The molecule has 5 rings (SSSR count). The Bertz CT molecular complexity index is 738. The molecule has 1 aromatic carbocycles. The minimum atomic E-state index is -0.176. The van der Waals surface area contributed by atoms with Gasteiger partial charge in [-0.2, -0.15) is 3.71 Å². The molecule has 29 heavy (non-hydrogen) atoms. The minimum absolute atomic E-state index is 0.107. The second-order valence-electron chi connectivity index (χ2n) is 9.33. The summed E-state index contributed by atoms with van der Waals surface area (Å²) in [6.07, 6.45) is 5.76. The van der Waals surface area contributed by atoms with Crippen molar-refractivity contribution in [1.82, 2.24) is 3.71 Å². The lowest BCUT2D eigenvalue weighted by atomic mass is 9.43. The van der Waals surface area contributed by atoms with Crippen LogP contribution in [0.2, 0.25) is 0 Å². The maximum absolute atomic E-state index is 6.97. The molecule has 160 valence electrons. The van der Waals surface area contributed by atoms with Crippen LogP contribution in [-0.2, 0) is 22.2 Å². The molecule has 4 fully saturated rings. The molecule has 3 aliphatic carbocycles. The Morgan fingerprint density at radius 3 is 2.55 bits per heavy atom. The molecule has 1 aromatic rings. The van der Waals surface area contributed by atoms with E-state index in [1.165, 1.54) is 17.5 Å². The Labute approximate surface area is 209 Å². The van der Waals surface area contributed by atoms with E-state index in [0.29, 0.717) is 11.3 Å². The summed E-state index contributed by atoms with van der Waals surface area (Å²) in [5.41, 5.74) is 3.04. The summed E-state index contributed by atoms with van der Waals surface area (Å²) in [7, 11) is 3.31. The number of halogens is 2. The molecule has 2 bridgehead atoms. The summed E-state index contributed by atoms with van der Waals surface area (Å²) in [5.74, 6) is 1.58. The van der Waals surface area contributed by atoms with E-state index in [9.17, 15) is 0 Å². The fourth-order valence-electron chi connectivity index (χ4n) is 5.99. The van der Waals surface area contributed by atoms with E-state index in [2.05, 4.69) is 98.1 Å². The third-order valence-electron chi connectivity index (χ3n) is 7.86. The molecule has 8 heteroatoms. The lowest BCUT2D eigenvalue weighted by Crippen LogP contribution is -2.66. The van der Waals surface area contributed by atoms with Crippen LogP contribution in [0, 0.1) is 17.3 Å². The van der Waals surface area contributed by atoms with E-state index in [4.69, 9.17) is 9.31 Å². The average molecular weight is 657 g/mol. The first kappa shape index (κ1) is 23.5. The van der Waals surface area contributed by atoms with Crippen molar-refractivity contribution >= 4 is 67.8 Å². The Hall–Kier alpha value is 1.32. The summed E-state index contributed by atoms with van der Waals surface area (Å²) >= 11 is 4.77. The largest absolute Gasteiger partial charge is 0.478 e. The Morgan fingerprint density at radius 1 is 1.21 bits per heavy atom. The second-order valence-corrected chi connectivity index (χ2v) is 13.0. The van der Waals surface area contributed by atoms with Crippen LogP contribution in [0.5, 0.6) is 0 Å². The average Bonchev–Trinajstić information content (AvgIpc) is 3.13. The normalized spacial score (nSPS) is 33.5. The van der Waals surface area contributed by atoms with Crippen LogP contribution in [0.25, 0.3) is 0 Å². The van der Waals surface area contributed by atoms with Gasteiger partial charge in [0.15, 0.2) is 0 Å². The summed E-state index contributed by atoms with van der Waals surface area (Å²) in [6, 6.07) is 9.00. The van der Waals surface area contributed by atoms with Crippen molar-refractivity contribution in [3.8, 4) is 0 Å². The summed E-state index contributed by atoms with van der Waals surface area (Å²) in [6.45, 7) is 9.40. The lowest BCUT2D eigenvalue weighted by molar-refractivity contribution is -0.208. The number of aryl methyl sites for hydroxylation is 1. The van der Waals surface area contributed by atoms with Gasteiger partial charge in [0.25, 0.3) is 0 Å². The topological polar surface area (TPSA) is 21.7 Å². The smallest absolute Gasteiger partial charge is 0.404 e. The fourth-order valence-corrected chi connectivity index (χ4v) is 12.6. The van der Waals surface area contributed by atoms with Crippen LogP contribution in [0.4, 0.5) is 0 Å². The molecule has 5 atom stereocenters. The molecule has 0 radical (unpaired) electrons. The third-order valence-corrected chi connectivity index (χ3v) is 13.3. The van der Waals surface area contributed by atoms with Gasteiger partial charge in [0, 0.05) is 60.6 Å². The highest BCUT2D eigenvalue weighted by molar-refractivity contribution is 14.2. The second kappa shape index (κ2) is 9.29. The quantitative estimate of drug-likeness (QED) is 0.168. The van der Waals surface area contributed by atoms with Crippen LogP contribution < -0.4 is 0 Å². The first-order valence-corrected chi connectivity index (χ1v) is 17.3. The SMILES string of the molecule is CCc1cccc(C[C@@H](B2O[C@@H]3C[C@@H]4C[C@@H](C4(C)C)[C@]3(CC)O2)N(SI)SI)c1. The predicted molar refractivity (Wildman–Crippen MR) is 143 cm³/mol. The number of hydrogen-bond donors (Lipinski definition) is 0. The molecule has 3 nitrogen and oxygen atoms in total. The molecule has 3 saturated carbocycles. The molecular formula is C21H30BI2NO2S2. The zero-order valence-electron chi connectivity index (χ0n) is 17.6. The van der Waals surface area contributed by atoms with E-state index in [0.717, 1.165) is 31.6 Å². The first-order valence-electron chi connectivity index (χ1n) is 10.7. The van der Waals surface area contributed by atoms with E-state index >= 15 is 0 Å². The highest BCUT2D eigenvalue weighted by atomic mass is 127. The van der Waals surface area contributed by atoms with Crippen LogP contribution in [0.15, 0.2) is 24.3 Å². The van der Waals surface area contributed by atoms with Crippen molar-refractivity contribution < 1.29 is 9.31 Å². The van der Waals surface area contributed by atoms with Crippen molar-refractivity contribution in [2.24, 2.45) is 17.3 Å². The lowest BCUT2D eigenvalue weighted by Gasteiger charge is -2.65. The van der Waals surface area contributed by atoms with Crippen molar-refractivity contribution in [2.45, 2.75) is 77.4 Å². The van der Waals surface area contributed by atoms with Gasteiger partial charge in [0.1, 0.15) is 0 Å². The maximum atomic E-state index is 6.97. The zero-order chi connectivity index (χ0) is 20.8. The highest BCUT2D eigenvalue weighted by Crippen LogP contribution is 2.67. The van der Waals surface area contributed by atoms with Gasteiger partial charge in [-0.25, -0.2) is 0 Å². The van der Waals surface area contributed by atoms with Crippen LogP contribution in [0.3, 0.4) is 0 Å². The first-order chi connectivity index (χ1) is 13.9. The van der Waals surface area contributed by atoms with Crippen LogP contribution >= 0.6 is 60.6 Å². The number of nitrogens with zero attached hydrogens (tertiary/aromatic N) is 1. The monoisotopic (exact) mass is 657 g/mol. The molecule has 0 N–H and O–H groups in total. The molecule has 1 heterocycles. The highest BCUT2D eigenvalue weighted by Gasteiger charge is 2.69. The Morgan fingerprint density at radius 2 is 1.93 bits per heavy atom. The third kappa shape index (κ3) is 4.07. The van der Waals surface area contributed by atoms with Crippen LogP contribution in [0.1, 0.15) is 58.1 Å². The zero-order valence-corrected chi connectivity index (χ0v) is 23.5. The standard InChI is InChI=1S/C21H30BI2NO2S2/c1-5-14-8-7-9-15(10-14)11-19(25(28-23)29-24)22-26-18-13-16-12-17(20(16,3)4)21(18,6-2)27-22/h7-10,16-19H,5-6,11-13H2,1-4H3/t16-,17-,18+,19-,21-/m0/s1. The van der Waals surface area contributed by atoms with Gasteiger partial charge < -0.3 is 9.31 Å². The fraction of sp³-hybridized carbons (Fsp3) is 0.714. The van der Waals surface area contributed by atoms with Crippen molar-refractivity contribution in [1.29, 1.82) is 0 Å². The van der Waals surface area contributed by atoms with Crippen molar-refractivity contribution in [2.75, 3.05) is 0 Å². The van der Waals surface area contributed by atoms with E-state index in [1.807, 2.05) is 0 Å². The molecule has 1 saturated heterocycles.